The lowest BCUT2D eigenvalue weighted by molar-refractivity contribution is 0.570. The Hall–Kier alpha value is -2.41. The lowest BCUT2D eigenvalue weighted by Gasteiger charge is -2.28. The molecule has 0 bridgehead atoms. The van der Waals surface area contributed by atoms with Crippen LogP contribution in [0.3, 0.4) is 0 Å². The number of benzene rings is 3. The molecular formula is C27H27OPS. The van der Waals surface area contributed by atoms with E-state index in [1.165, 1.54) is 15.3 Å². The lowest BCUT2D eigenvalue weighted by Crippen LogP contribution is -2.21. The van der Waals surface area contributed by atoms with Gasteiger partial charge >= 0.3 is 0 Å². The van der Waals surface area contributed by atoms with Gasteiger partial charge in [-0.1, -0.05) is 111 Å². The molecule has 1 unspecified atom stereocenters. The lowest BCUT2D eigenvalue weighted by atomic mass is 10.1. The van der Waals surface area contributed by atoms with Gasteiger partial charge in [0.25, 0.3) is 0 Å². The quantitative estimate of drug-likeness (QED) is 0.262. The molecule has 3 aromatic carbocycles. The maximum absolute atomic E-state index is 15.0. The minimum absolute atomic E-state index is 0.00953. The molecule has 1 heterocycles. The van der Waals surface area contributed by atoms with Gasteiger partial charge in [-0.05, 0) is 24.1 Å². The molecule has 0 amide bonds. The van der Waals surface area contributed by atoms with Crippen LogP contribution in [0, 0.1) is 0 Å². The highest BCUT2D eigenvalue weighted by molar-refractivity contribution is 7.79. The minimum Gasteiger partial charge on any atom is -0.313 e. The second kappa shape index (κ2) is 9.60. The van der Waals surface area contributed by atoms with Gasteiger partial charge in [0, 0.05) is 20.4 Å². The fourth-order valence-electron chi connectivity index (χ4n) is 4.00. The van der Waals surface area contributed by atoms with Gasteiger partial charge in [-0.15, -0.1) is 11.3 Å². The molecule has 3 heteroatoms. The number of thiophene rings is 1. The van der Waals surface area contributed by atoms with Gasteiger partial charge in [-0.25, -0.2) is 0 Å². The Kier molecular flexibility index (Phi) is 6.67. The van der Waals surface area contributed by atoms with E-state index in [4.69, 9.17) is 0 Å². The van der Waals surface area contributed by atoms with Crippen LogP contribution in [-0.2, 0) is 4.57 Å². The van der Waals surface area contributed by atoms with Crippen molar-refractivity contribution in [2.75, 3.05) is 0 Å². The van der Waals surface area contributed by atoms with E-state index in [1.54, 1.807) is 11.3 Å². The summed E-state index contributed by atoms with van der Waals surface area (Å²) in [7, 11) is -2.85. The van der Waals surface area contributed by atoms with Crippen molar-refractivity contribution < 1.29 is 4.57 Å². The third-order valence-corrected chi connectivity index (χ3v) is 10.5. The fourth-order valence-corrected chi connectivity index (χ4v) is 8.87. The molecule has 4 rings (SSSR count). The van der Waals surface area contributed by atoms with Crippen LogP contribution in [0.1, 0.15) is 36.7 Å². The van der Waals surface area contributed by atoms with Crippen molar-refractivity contribution in [3.8, 4) is 10.4 Å². The van der Waals surface area contributed by atoms with Crippen LogP contribution in [0.15, 0.2) is 103 Å². The Morgan fingerprint density at radius 3 is 1.80 bits per heavy atom. The molecule has 152 valence electrons. The molecule has 0 aliphatic carbocycles. The molecule has 30 heavy (non-hydrogen) atoms. The molecule has 0 aliphatic rings. The Morgan fingerprint density at radius 1 is 0.733 bits per heavy atom. The van der Waals surface area contributed by atoms with Gasteiger partial charge in [0.1, 0.15) is 0 Å². The molecule has 0 aliphatic heterocycles. The average molecular weight is 431 g/mol. The third kappa shape index (κ3) is 4.21. The molecule has 4 aromatic rings. The van der Waals surface area contributed by atoms with E-state index in [9.17, 15) is 4.57 Å². The van der Waals surface area contributed by atoms with Gasteiger partial charge < -0.3 is 4.57 Å². The SMILES string of the molecule is CCCCC(c1ccc(-c2ccccc2)s1)P(=O)(c1ccccc1)c1ccccc1. The molecule has 1 nitrogen and oxygen atoms in total. The summed E-state index contributed by atoms with van der Waals surface area (Å²) in [6.45, 7) is 2.21. The molecule has 0 radical (unpaired) electrons. The predicted octanol–water partition coefficient (Wildman–Crippen LogP) is 7.66. The van der Waals surface area contributed by atoms with Gasteiger partial charge in [0.15, 0.2) is 7.14 Å². The highest BCUT2D eigenvalue weighted by Crippen LogP contribution is 2.60. The van der Waals surface area contributed by atoms with E-state index in [2.05, 4.69) is 43.3 Å². The van der Waals surface area contributed by atoms with Crippen LogP contribution in [0.25, 0.3) is 10.4 Å². The van der Waals surface area contributed by atoms with Gasteiger partial charge in [0.2, 0.25) is 0 Å². The molecule has 1 atom stereocenters. The van der Waals surface area contributed by atoms with Crippen LogP contribution >= 0.6 is 18.5 Å². The molecular weight excluding hydrogens is 403 g/mol. The molecule has 0 fully saturated rings. The molecule has 0 spiro atoms. The first-order valence-electron chi connectivity index (χ1n) is 10.6. The van der Waals surface area contributed by atoms with Crippen molar-refractivity contribution in [3.05, 3.63) is 108 Å². The number of unbranched alkanes of at least 4 members (excludes halogenated alkanes) is 1. The minimum atomic E-state index is -2.85. The topological polar surface area (TPSA) is 17.1 Å². The Labute approximate surface area is 183 Å². The highest BCUT2D eigenvalue weighted by Gasteiger charge is 2.38. The van der Waals surface area contributed by atoms with Crippen LogP contribution in [-0.4, -0.2) is 0 Å². The summed E-state index contributed by atoms with van der Waals surface area (Å²) in [5.41, 5.74) is 1.21. The van der Waals surface area contributed by atoms with Crippen LogP contribution < -0.4 is 10.6 Å². The molecule has 0 saturated heterocycles. The monoisotopic (exact) mass is 430 g/mol. The highest BCUT2D eigenvalue weighted by atomic mass is 32.1. The van der Waals surface area contributed by atoms with Crippen LogP contribution in [0.2, 0.25) is 0 Å². The number of rotatable bonds is 8. The maximum atomic E-state index is 15.0. The first kappa shape index (κ1) is 20.8. The molecule has 0 saturated carbocycles. The molecule has 0 N–H and O–H groups in total. The van der Waals surface area contributed by atoms with Crippen molar-refractivity contribution in [1.29, 1.82) is 0 Å². The molecule has 1 aromatic heterocycles. The zero-order valence-corrected chi connectivity index (χ0v) is 19.0. The van der Waals surface area contributed by atoms with E-state index in [0.717, 1.165) is 29.9 Å². The summed E-state index contributed by atoms with van der Waals surface area (Å²) in [6.07, 6.45) is 3.08. The average Bonchev–Trinajstić information content (AvgIpc) is 3.31. The summed E-state index contributed by atoms with van der Waals surface area (Å²) in [5, 5.41) is 1.90. The summed E-state index contributed by atoms with van der Waals surface area (Å²) >= 11 is 1.79. The largest absolute Gasteiger partial charge is 0.313 e. The van der Waals surface area contributed by atoms with Crippen molar-refractivity contribution in [3.63, 3.8) is 0 Å². The van der Waals surface area contributed by atoms with Gasteiger partial charge in [-0.2, -0.15) is 0 Å². The van der Waals surface area contributed by atoms with Crippen molar-refractivity contribution in [2.24, 2.45) is 0 Å². The van der Waals surface area contributed by atoms with E-state index in [-0.39, 0.29) is 5.66 Å². The zero-order valence-electron chi connectivity index (χ0n) is 17.3. The smallest absolute Gasteiger partial charge is 0.151 e. The normalized spacial score (nSPS) is 12.6. The van der Waals surface area contributed by atoms with Gasteiger partial charge in [0.05, 0.1) is 5.66 Å². The second-order valence-corrected chi connectivity index (χ2v) is 11.6. The van der Waals surface area contributed by atoms with E-state index >= 15 is 0 Å². The van der Waals surface area contributed by atoms with E-state index < -0.39 is 7.14 Å². The maximum Gasteiger partial charge on any atom is 0.151 e. The Morgan fingerprint density at radius 2 is 1.27 bits per heavy atom. The third-order valence-electron chi connectivity index (χ3n) is 5.56. The summed E-state index contributed by atoms with van der Waals surface area (Å²) in [4.78, 5) is 2.46. The van der Waals surface area contributed by atoms with E-state index in [1.807, 2.05) is 66.7 Å². The summed E-state index contributed by atoms with van der Waals surface area (Å²) in [6, 6.07) is 35.0. The Bertz CT molecular complexity index is 1060. The van der Waals surface area contributed by atoms with Gasteiger partial charge in [-0.3, -0.25) is 0 Å². The standard InChI is InChI=1S/C27H27OPS/c1-2-3-19-25(27-21-20-26(30-27)22-13-7-4-8-14-22)29(28,23-15-9-5-10-16-23)24-17-11-6-12-18-24/h4-18,20-21,25H,2-3,19H2,1H3. The zero-order chi connectivity index (χ0) is 20.8. The number of hydrogen-bond donors (Lipinski definition) is 0. The van der Waals surface area contributed by atoms with Crippen molar-refractivity contribution >= 4 is 29.1 Å². The fraction of sp³-hybridized carbons (Fsp3) is 0.185. The number of hydrogen-bond acceptors (Lipinski definition) is 2. The second-order valence-electron chi connectivity index (χ2n) is 7.56. The first-order chi connectivity index (χ1) is 14.7. The summed E-state index contributed by atoms with van der Waals surface area (Å²) < 4.78 is 15.0. The van der Waals surface area contributed by atoms with Crippen LogP contribution in [0.5, 0.6) is 0 Å². The predicted molar refractivity (Wildman–Crippen MR) is 132 cm³/mol. The first-order valence-corrected chi connectivity index (χ1v) is 13.2. The van der Waals surface area contributed by atoms with Crippen molar-refractivity contribution in [2.45, 2.75) is 31.8 Å². The van der Waals surface area contributed by atoms with E-state index in [0.29, 0.717) is 0 Å². The van der Waals surface area contributed by atoms with Crippen LogP contribution in [0.4, 0.5) is 0 Å². The Balaban J connectivity index is 1.85. The van der Waals surface area contributed by atoms with Crippen molar-refractivity contribution in [1.82, 2.24) is 0 Å². The summed E-state index contributed by atoms with van der Waals surface area (Å²) in [5.74, 6) is 0.